The summed E-state index contributed by atoms with van der Waals surface area (Å²) >= 11 is 0. The first-order chi connectivity index (χ1) is 10.6. The lowest BCUT2D eigenvalue weighted by Crippen LogP contribution is -2.01. The zero-order valence-corrected chi connectivity index (χ0v) is 11.4. The van der Waals surface area contributed by atoms with Crippen LogP contribution in [0.15, 0.2) is 53.2 Å². The number of carboxylic acid groups (broad SMARTS) is 1. The van der Waals surface area contributed by atoms with Crippen molar-refractivity contribution in [3.05, 3.63) is 60.3 Å². The van der Waals surface area contributed by atoms with Crippen LogP contribution >= 0.6 is 0 Å². The molecule has 5 nitrogen and oxygen atoms in total. The molecule has 1 N–H and O–H groups in total. The highest BCUT2D eigenvalue weighted by molar-refractivity contribution is 5.74. The summed E-state index contributed by atoms with van der Waals surface area (Å²) in [5, 5.41) is 9.01. The minimum absolute atomic E-state index is 0.245. The van der Waals surface area contributed by atoms with Crippen molar-refractivity contribution >= 4 is 5.97 Å². The molecule has 0 aliphatic heterocycles. The van der Waals surface area contributed by atoms with E-state index in [2.05, 4.69) is 9.97 Å². The Morgan fingerprint density at radius 3 is 2.59 bits per heavy atom. The first kappa shape index (κ1) is 13.9. The molecule has 0 amide bonds. The fraction of sp³-hybridized carbons (Fsp3) is 0.0625. The number of pyridine rings is 1. The van der Waals surface area contributed by atoms with Crippen LogP contribution in [-0.4, -0.2) is 21.0 Å². The molecule has 0 aliphatic carbocycles. The lowest BCUT2D eigenvalue weighted by Gasteiger charge is -1.98. The molecular formula is C16H11FN2O3. The molecule has 0 unspecified atom stereocenters. The second kappa shape index (κ2) is 5.77. The summed E-state index contributed by atoms with van der Waals surface area (Å²) in [4.78, 5) is 19.2. The maximum absolute atomic E-state index is 13.0. The minimum atomic E-state index is -1.01. The standard InChI is InChI=1S/C16H11FN2O3/c17-12-5-3-10(4-6-12)16-19-13(8-14(20)21)15(22-16)11-2-1-7-18-9-11/h1-7,9H,8H2,(H,20,21). The normalized spacial score (nSPS) is 10.6. The third-order valence-electron chi connectivity index (χ3n) is 3.03. The lowest BCUT2D eigenvalue weighted by atomic mass is 10.1. The van der Waals surface area contributed by atoms with Gasteiger partial charge in [-0.2, -0.15) is 0 Å². The maximum Gasteiger partial charge on any atom is 0.309 e. The average Bonchev–Trinajstić information content (AvgIpc) is 2.92. The fourth-order valence-electron chi connectivity index (χ4n) is 2.05. The van der Waals surface area contributed by atoms with E-state index < -0.39 is 5.97 Å². The molecule has 6 heteroatoms. The average molecular weight is 298 g/mol. The van der Waals surface area contributed by atoms with Gasteiger partial charge in [-0.15, -0.1) is 0 Å². The number of aliphatic carboxylic acids is 1. The Balaban J connectivity index is 2.08. The molecule has 1 aromatic carbocycles. The van der Waals surface area contributed by atoms with Gasteiger partial charge in [-0.25, -0.2) is 9.37 Å². The Kier molecular flexibility index (Phi) is 3.65. The molecule has 0 atom stereocenters. The summed E-state index contributed by atoms with van der Waals surface area (Å²) in [5.41, 5.74) is 1.52. The van der Waals surface area contributed by atoms with Crippen LogP contribution < -0.4 is 0 Å². The number of nitrogens with zero attached hydrogens (tertiary/aromatic N) is 2. The Morgan fingerprint density at radius 2 is 1.95 bits per heavy atom. The van der Waals surface area contributed by atoms with Gasteiger partial charge < -0.3 is 9.52 Å². The molecule has 2 heterocycles. The van der Waals surface area contributed by atoms with Crippen molar-refractivity contribution < 1.29 is 18.7 Å². The third-order valence-corrected chi connectivity index (χ3v) is 3.03. The summed E-state index contributed by atoms with van der Waals surface area (Å²) < 4.78 is 18.7. The van der Waals surface area contributed by atoms with Gasteiger partial charge in [0.05, 0.1) is 12.1 Å². The first-order valence-electron chi connectivity index (χ1n) is 6.51. The van der Waals surface area contributed by atoms with Crippen LogP contribution in [0.4, 0.5) is 4.39 Å². The van der Waals surface area contributed by atoms with Crippen molar-refractivity contribution in [2.24, 2.45) is 0 Å². The number of hydrogen-bond donors (Lipinski definition) is 1. The number of hydrogen-bond acceptors (Lipinski definition) is 4. The van der Waals surface area contributed by atoms with Gasteiger partial charge in [0, 0.05) is 23.5 Å². The minimum Gasteiger partial charge on any atom is -0.481 e. The van der Waals surface area contributed by atoms with Crippen LogP contribution in [0.5, 0.6) is 0 Å². The molecule has 110 valence electrons. The van der Waals surface area contributed by atoms with Crippen LogP contribution in [0.25, 0.3) is 22.8 Å². The molecular weight excluding hydrogens is 287 g/mol. The molecule has 0 saturated heterocycles. The van der Waals surface area contributed by atoms with E-state index in [4.69, 9.17) is 9.52 Å². The smallest absolute Gasteiger partial charge is 0.309 e. The quantitative estimate of drug-likeness (QED) is 0.800. The van der Waals surface area contributed by atoms with Crippen LogP contribution in [0, 0.1) is 5.82 Å². The van der Waals surface area contributed by atoms with Crippen molar-refractivity contribution in [2.45, 2.75) is 6.42 Å². The Hall–Kier alpha value is -3.02. The van der Waals surface area contributed by atoms with E-state index in [0.29, 0.717) is 22.6 Å². The van der Waals surface area contributed by atoms with Gasteiger partial charge in [-0.05, 0) is 36.4 Å². The van der Waals surface area contributed by atoms with E-state index in [9.17, 15) is 9.18 Å². The summed E-state index contributed by atoms with van der Waals surface area (Å²) in [6.45, 7) is 0. The lowest BCUT2D eigenvalue weighted by molar-refractivity contribution is -0.136. The molecule has 0 spiro atoms. The molecule has 3 rings (SSSR count). The summed E-state index contributed by atoms with van der Waals surface area (Å²) in [5.74, 6) is -0.775. The number of rotatable bonds is 4. The Bertz CT molecular complexity index is 798. The van der Waals surface area contributed by atoms with Gasteiger partial charge in [0.2, 0.25) is 5.89 Å². The monoisotopic (exact) mass is 298 g/mol. The van der Waals surface area contributed by atoms with Gasteiger partial charge in [-0.1, -0.05) is 0 Å². The van der Waals surface area contributed by atoms with E-state index in [1.54, 1.807) is 24.5 Å². The molecule has 3 aromatic rings. The predicted octanol–water partition coefficient (Wildman–Crippen LogP) is 3.17. The van der Waals surface area contributed by atoms with Gasteiger partial charge in [0.1, 0.15) is 5.82 Å². The van der Waals surface area contributed by atoms with E-state index in [1.807, 2.05) is 0 Å². The van der Waals surface area contributed by atoms with Crippen molar-refractivity contribution in [1.29, 1.82) is 0 Å². The first-order valence-corrected chi connectivity index (χ1v) is 6.51. The van der Waals surface area contributed by atoms with Gasteiger partial charge in [-0.3, -0.25) is 9.78 Å². The number of carbonyl (C=O) groups is 1. The molecule has 22 heavy (non-hydrogen) atoms. The highest BCUT2D eigenvalue weighted by Gasteiger charge is 2.18. The van der Waals surface area contributed by atoms with E-state index >= 15 is 0 Å². The molecule has 0 aliphatic rings. The second-order valence-electron chi connectivity index (χ2n) is 4.61. The summed E-state index contributed by atoms with van der Waals surface area (Å²) in [7, 11) is 0. The van der Waals surface area contributed by atoms with E-state index in [1.165, 1.54) is 24.3 Å². The highest BCUT2D eigenvalue weighted by Crippen LogP contribution is 2.29. The highest BCUT2D eigenvalue weighted by atomic mass is 19.1. The largest absolute Gasteiger partial charge is 0.481 e. The SMILES string of the molecule is O=C(O)Cc1nc(-c2ccc(F)cc2)oc1-c1cccnc1. The Morgan fingerprint density at radius 1 is 1.18 bits per heavy atom. The van der Waals surface area contributed by atoms with Crippen LogP contribution in [-0.2, 0) is 11.2 Å². The number of benzene rings is 1. The van der Waals surface area contributed by atoms with Crippen molar-refractivity contribution in [1.82, 2.24) is 9.97 Å². The zero-order chi connectivity index (χ0) is 15.5. The number of carboxylic acids is 1. The van der Waals surface area contributed by atoms with Gasteiger partial charge in [0.15, 0.2) is 5.76 Å². The van der Waals surface area contributed by atoms with E-state index in [0.717, 1.165) is 0 Å². The van der Waals surface area contributed by atoms with Crippen LogP contribution in [0.2, 0.25) is 0 Å². The summed E-state index contributed by atoms with van der Waals surface area (Å²) in [6.07, 6.45) is 2.91. The van der Waals surface area contributed by atoms with Crippen LogP contribution in [0.3, 0.4) is 0 Å². The molecule has 0 fully saturated rings. The van der Waals surface area contributed by atoms with Crippen LogP contribution in [0.1, 0.15) is 5.69 Å². The summed E-state index contributed by atoms with van der Waals surface area (Å²) in [6, 6.07) is 9.12. The topological polar surface area (TPSA) is 76.2 Å². The molecule has 2 aromatic heterocycles. The van der Waals surface area contributed by atoms with E-state index in [-0.39, 0.29) is 18.1 Å². The third kappa shape index (κ3) is 2.85. The fourth-order valence-corrected chi connectivity index (χ4v) is 2.05. The zero-order valence-electron chi connectivity index (χ0n) is 11.4. The number of aromatic nitrogens is 2. The van der Waals surface area contributed by atoms with Crippen molar-refractivity contribution in [3.63, 3.8) is 0 Å². The maximum atomic E-state index is 13.0. The van der Waals surface area contributed by atoms with Gasteiger partial charge in [0.25, 0.3) is 0 Å². The second-order valence-corrected chi connectivity index (χ2v) is 4.61. The number of halogens is 1. The molecule has 0 bridgehead atoms. The molecule has 0 saturated carbocycles. The molecule has 0 radical (unpaired) electrons. The van der Waals surface area contributed by atoms with Gasteiger partial charge >= 0.3 is 5.97 Å². The van der Waals surface area contributed by atoms with Crippen molar-refractivity contribution in [2.75, 3.05) is 0 Å². The van der Waals surface area contributed by atoms with Crippen molar-refractivity contribution in [3.8, 4) is 22.8 Å². The number of oxazole rings is 1. The Labute approximate surface area is 125 Å². The predicted molar refractivity (Wildman–Crippen MR) is 76.5 cm³/mol.